The molecule has 0 aliphatic rings. The normalized spacial score (nSPS) is 11.0. The largest absolute Gasteiger partial charge is 0.356 e. The fourth-order valence-corrected chi connectivity index (χ4v) is 2.90. The number of hydrogen-bond acceptors (Lipinski definition) is 6. The zero-order valence-electron chi connectivity index (χ0n) is 13.0. The van der Waals surface area contributed by atoms with Gasteiger partial charge < -0.3 is 10.3 Å². The van der Waals surface area contributed by atoms with Gasteiger partial charge >= 0.3 is 5.69 Å². The summed E-state index contributed by atoms with van der Waals surface area (Å²) >= 11 is 1.55. The van der Waals surface area contributed by atoms with Crippen LogP contribution in [0.1, 0.15) is 17.3 Å². The molecule has 0 saturated carbocycles. The summed E-state index contributed by atoms with van der Waals surface area (Å²) in [6.07, 6.45) is 3.03. The molecule has 10 heteroatoms. The summed E-state index contributed by atoms with van der Waals surface area (Å²) in [5.74, 6) is 0.390. The molecule has 126 valence electrons. The van der Waals surface area contributed by atoms with E-state index in [1.54, 1.807) is 17.5 Å². The number of thiazole rings is 1. The topological polar surface area (TPSA) is 126 Å². The van der Waals surface area contributed by atoms with E-state index in [1.165, 1.54) is 11.6 Å². The summed E-state index contributed by atoms with van der Waals surface area (Å²) in [7, 11) is 1.52. The van der Waals surface area contributed by atoms with E-state index in [0.717, 1.165) is 5.01 Å². The standard InChI is InChI=1S/C14H16N6O3S/c1-20-12-11(13(22)19-14(20)23)17-8(18-12)2-3-9(21)15-5-4-10-16-6-7-24-10/h6-7H,2-5H2,1H3,(H,15,21)(H,17,18)(H,19,22,23). The van der Waals surface area contributed by atoms with E-state index in [-0.39, 0.29) is 23.5 Å². The van der Waals surface area contributed by atoms with Gasteiger partial charge in [-0.25, -0.2) is 14.8 Å². The molecule has 0 unspecified atom stereocenters. The van der Waals surface area contributed by atoms with Gasteiger partial charge in [0.15, 0.2) is 5.65 Å². The third kappa shape index (κ3) is 3.43. The first-order valence-electron chi connectivity index (χ1n) is 7.37. The van der Waals surface area contributed by atoms with Gasteiger partial charge in [-0.1, -0.05) is 0 Å². The van der Waals surface area contributed by atoms with Crippen LogP contribution >= 0.6 is 11.3 Å². The predicted molar refractivity (Wildman–Crippen MR) is 89.1 cm³/mol. The molecule has 3 heterocycles. The number of carbonyl (C=O) groups excluding carboxylic acids is 1. The monoisotopic (exact) mass is 348 g/mol. The van der Waals surface area contributed by atoms with Gasteiger partial charge in [-0.05, 0) is 0 Å². The van der Waals surface area contributed by atoms with Gasteiger partial charge in [-0.15, -0.1) is 11.3 Å². The summed E-state index contributed by atoms with van der Waals surface area (Å²) < 4.78 is 1.25. The van der Waals surface area contributed by atoms with Crippen molar-refractivity contribution in [1.29, 1.82) is 0 Å². The maximum atomic E-state index is 11.9. The minimum absolute atomic E-state index is 0.102. The minimum Gasteiger partial charge on any atom is -0.356 e. The molecule has 3 N–H and O–H groups in total. The van der Waals surface area contributed by atoms with E-state index in [4.69, 9.17) is 0 Å². The van der Waals surface area contributed by atoms with Crippen molar-refractivity contribution in [2.24, 2.45) is 7.05 Å². The van der Waals surface area contributed by atoms with Crippen molar-refractivity contribution in [2.75, 3.05) is 6.54 Å². The number of nitrogens with one attached hydrogen (secondary N) is 3. The number of nitrogens with zero attached hydrogens (tertiary/aromatic N) is 3. The molecule has 0 aromatic carbocycles. The molecule has 9 nitrogen and oxygen atoms in total. The number of carbonyl (C=O) groups is 1. The van der Waals surface area contributed by atoms with Crippen LogP contribution in [0.3, 0.4) is 0 Å². The third-order valence-electron chi connectivity index (χ3n) is 3.54. The highest BCUT2D eigenvalue weighted by atomic mass is 32.1. The van der Waals surface area contributed by atoms with Crippen molar-refractivity contribution < 1.29 is 4.79 Å². The Morgan fingerprint density at radius 1 is 1.33 bits per heavy atom. The van der Waals surface area contributed by atoms with Crippen LogP contribution in [0, 0.1) is 0 Å². The lowest BCUT2D eigenvalue weighted by molar-refractivity contribution is -0.121. The number of imidazole rings is 1. The number of aromatic amines is 2. The Labute approximate surface area is 139 Å². The molecule has 3 aromatic rings. The van der Waals surface area contributed by atoms with Crippen LogP contribution in [0.15, 0.2) is 21.2 Å². The van der Waals surface area contributed by atoms with Gasteiger partial charge in [0.25, 0.3) is 5.56 Å². The number of rotatable bonds is 6. The number of fused-ring (bicyclic) bond motifs is 1. The molecule has 0 spiro atoms. The van der Waals surface area contributed by atoms with E-state index in [2.05, 4.69) is 25.3 Å². The summed E-state index contributed by atoms with van der Waals surface area (Å²) in [4.78, 5) is 48.6. The second kappa shape index (κ2) is 6.79. The zero-order valence-corrected chi connectivity index (χ0v) is 13.8. The molecule has 24 heavy (non-hydrogen) atoms. The van der Waals surface area contributed by atoms with Gasteiger partial charge in [0.1, 0.15) is 11.3 Å². The molecule has 0 bridgehead atoms. The smallest absolute Gasteiger partial charge is 0.329 e. The van der Waals surface area contributed by atoms with E-state index in [1.807, 2.05) is 5.38 Å². The highest BCUT2D eigenvalue weighted by Crippen LogP contribution is 2.06. The second-order valence-electron chi connectivity index (χ2n) is 5.23. The van der Waals surface area contributed by atoms with Crippen molar-refractivity contribution >= 4 is 28.4 Å². The van der Waals surface area contributed by atoms with Crippen LogP contribution < -0.4 is 16.6 Å². The van der Waals surface area contributed by atoms with Gasteiger partial charge in [-0.3, -0.25) is 19.1 Å². The molecule has 0 aliphatic heterocycles. The minimum atomic E-state index is -0.523. The van der Waals surface area contributed by atoms with Crippen LogP contribution in [-0.4, -0.2) is 37.0 Å². The summed E-state index contributed by atoms with van der Waals surface area (Å²) in [5.41, 5.74) is -0.524. The average Bonchev–Trinajstić information content (AvgIpc) is 3.20. The van der Waals surface area contributed by atoms with Gasteiger partial charge in [0.05, 0.1) is 5.01 Å². The molecular formula is C14H16N6O3S. The maximum Gasteiger partial charge on any atom is 0.329 e. The number of aryl methyl sites for hydroxylation is 2. The first kappa shape index (κ1) is 16.1. The number of H-pyrrole nitrogens is 2. The highest BCUT2D eigenvalue weighted by molar-refractivity contribution is 7.09. The Kier molecular flexibility index (Phi) is 4.56. The van der Waals surface area contributed by atoms with Gasteiger partial charge in [0.2, 0.25) is 5.91 Å². The van der Waals surface area contributed by atoms with Gasteiger partial charge in [-0.2, -0.15) is 0 Å². The lowest BCUT2D eigenvalue weighted by Gasteiger charge is -2.02. The molecule has 3 rings (SSSR count). The van der Waals surface area contributed by atoms with Crippen molar-refractivity contribution in [1.82, 2.24) is 29.8 Å². The van der Waals surface area contributed by atoms with E-state index in [0.29, 0.717) is 25.2 Å². The predicted octanol–water partition coefficient (Wildman–Crippen LogP) is -0.302. The van der Waals surface area contributed by atoms with Crippen LogP contribution in [0.2, 0.25) is 0 Å². The zero-order chi connectivity index (χ0) is 17.1. The van der Waals surface area contributed by atoms with E-state index < -0.39 is 11.2 Å². The molecule has 0 radical (unpaired) electrons. The van der Waals surface area contributed by atoms with Crippen LogP contribution in [0.5, 0.6) is 0 Å². The first-order chi connectivity index (χ1) is 11.5. The Morgan fingerprint density at radius 2 is 2.17 bits per heavy atom. The van der Waals surface area contributed by atoms with Crippen molar-refractivity contribution in [2.45, 2.75) is 19.3 Å². The molecule has 0 saturated heterocycles. The quantitative estimate of drug-likeness (QED) is 0.564. The molecule has 0 fully saturated rings. The number of aromatic nitrogens is 5. The number of amides is 1. The van der Waals surface area contributed by atoms with Crippen molar-refractivity contribution in [3.8, 4) is 0 Å². The van der Waals surface area contributed by atoms with Crippen molar-refractivity contribution in [3.05, 3.63) is 43.2 Å². The first-order valence-corrected chi connectivity index (χ1v) is 8.25. The molecule has 0 atom stereocenters. The summed E-state index contributed by atoms with van der Waals surface area (Å²) in [6, 6.07) is 0. The Bertz CT molecular complexity index is 969. The summed E-state index contributed by atoms with van der Waals surface area (Å²) in [6.45, 7) is 0.528. The van der Waals surface area contributed by atoms with E-state index in [9.17, 15) is 14.4 Å². The second-order valence-corrected chi connectivity index (χ2v) is 6.21. The lowest BCUT2D eigenvalue weighted by atomic mass is 10.3. The van der Waals surface area contributed by atoms with Crippen LogP contribution in [-0.2, 0) is 24.7 Å². The molecular weight excluding hydrogens is 332 g/mol. The number of hydrogen-bond donors (Lipinski definition) is 3. The molecule has 0 aliphatic carbocycles. The van der Waals surface area contributed by atoms with E-state index >= 15 is 0 Å². The lowest BCUT2D eigenvalue weighted by Crippen LogP contribution is -2.28. The van der Waals surface area contributed by atoms with Crippen LogP contribution in [0.25, 0.3) is 11.2 Å². The Hall–Kier alpha value is -2.75. The highest BCUT2D eigenvalue weighted by Gasteiger charge is 2.11. The maximum absolute atomic E-state index is 11.9. The molecule has 3 aromatic heterocycles. The van der Waals surface area contributed by atoms with Gasteiger partial charge in [0, 0.05) is 44.4 Å². The van der Waals surface area contributed by atoms with Crippen molar-refractivity contribution in [3.63, 3.8) is 0 Å². The Morgan fingerprint density at radius 3 is 2.92 bits per heavy atom. The Balaban J connectivity index is 1.58. The van der Waals surface area contributed by atoms with Crippen LogP contribution in [0.4, 0.5) is 0 Å². The average molecular weight is 348 g/mol. The third-order valence-corrected chi connectivity index (χ3v) is 4.38. The fourth-order valence-electron chi connectivity index (χ4n) is 2.28. The summed E-state index contributed by atoms with van der Waals surface area (Å²) in [5, 5.41) is 5.70. The fraction of sp³-hybridized carbons (Fsp3) is 0.357. The SMILES string of the molecule is Cn1c(=O)[nH]c(=O)c2[nH]c(CCC(=O)NCCc3nccs3)nc21. The molecule has 1 amide bonds.